The van der Waals surface area contributed by atoms with Crippen LogP contribution in [-0.4, -0.2) is 13.1 Å². The molecule has 5 aliphatic rings. The molecular formula is C13H16O2. The van der Waals surface area contributed by atoms with E-state index in [4.69, 9.17) is 4.74 Å². The molecule has 5 aliphatic carbocycles. The van der Waals surface area contributed by atoms with Crippen LogP contribution in [0.5, 0.6) is 0 Å². The fraction of sp³-hybridized carbons (Fsp3) is 0.769. The first-order valence-electron chi connectivity index (χ1n) is 6.04. The second-order valence-corrected chi connectivity index (χ2v) is 5.72. The summed E-state index contributed by atoms with van der Waals surface area (Å²) in [5.41, 5.74) is -0.0955. The number of allylic oxidation sites excluding steroid dienone is 2. The lowest BCUT2D eigenvalue weighted by Crippen LogP contribution is -2.36. The quantitative estimate of drug-likeness (QED) is 0.482. The first kappa shape index (κ1) is 8.37. The van der Waals surface area contributed by atoms with Gasteiger partial charge in [0.25, 0.3) is 0 Å². The molecule has 6 atom stereocenters. The van der Waals surface area contributed by atoms with Gasteiger partial charge in [-0.05, 0) is 48.9 Å². The van der Waals surface area contributed by atoms with Crippen molar-refractivity contribution in [2.24, 2.45) is 35.0 Å². The average molecular weight is 204 g/mol. The van der Waals surface area contributed by atoms with Gasteiger partial charge in [-0.1, -0.05) is 12.2 Å². The van der Waals surface area contributed by atoms with E-state index in [0.717, 1.165) is 24.2 Å². The summed E-state index contributed by atoms with van der Waals surface area (Å²) in [6.07, 6.45) is 7.97. The van der Waals surface area contributed by atoms with Gasteiger partial charge in [0.1, 0.15) is 0 Å². The van der Waals surface area contributed by atoms with Crippen LogP contribution in [-0.2, 0) is 9.53 Å². The van der Waals surface area contributed by atoms with Crippen LogP contribution in [0.15, 0.2) is 12.2 Å². The molecule has 2 nitrogen and oxygen atoms in total. The van der Waals surface area contributed by atoms with Crippen molar-refractivity contribution in [2.75, 3.05) is 7.11 Å². The Balaban J connectivity index is 1.85. The zero-order valence-corrected chi connectivity index (χ0v) is 8.98. The Hall–Kier alpha value is -0.790. The molecule has 2 heteroatoms. The molecule has 0 saturated heterocycles. The first-order chi connectivity index (χ1) is 7.30. The lowest BCUT2D eigenvalue weighted by atomic mass is 9.74. The molecule has 6 bridgehead atoms. The molecule has 5 rings (SSSR count). The third-order valence-electron chi connectivity index (χ3n) is 5.62. The van der Waals surface area contributed by atoms with Crippen LogP contribution in [0.4, 0.5) is 0 Å². The Morgan fingerprint density at radius 2 is 2.27 bits per heavy atom. The van der Waals surface area contributed by atoms with Gasteiger partial charge in [0.15, 0.2) is 0 Å². The van der Waals surface area contributed by atoms with E-state index in [-0.39, 0.29) is 11.4 Å². The Morgan fingerprint density at radius 1 is 1.40 bits per heavy atom. The maximum absolute atomic E-state index is 12.1. The molecule has 0 aromatic heterocycles. The first-order valence-corrected chi connectivity index (χ1v) is 6.04. The van der Waals surface area contributed by atoms with E-state index in [0.29, 0.717) is 11.8 Å². The van der Waals surface area contributed by atoms with E-state index in [9.17, 15) is 4.79 Å². The monoisotopic (exact) mass is 204 g/mol. The smallest absolute Gasteiger partial charge is 0.312 e. The Kier molecular flexibility index (Phi) is 1.29. The summed E-state index contributed by atoms with van der Waals surface area (Å²) < 4.78 is 5.09. The van der Waals surface area contributed by atoms with Crippen molar-refractivity contribution in [3.05, 3.63) is 12.2 Å². The summed E-state index contributed by atoms with van der Waals surface area (Å²) in [6.45, 7) is 0. The molecule has 4 fully saturated rings. The summed E-state index contributed by atoms with van der Waals surface area (Å²) in [5, 5.41) is 0. The zero-order valence-electron chi connectivity index (χ0n) is 8.98. The SMILES string of the molecule is COC(=O)C12CC=CCC3C4C(CC31)C42. The van der Waals surface area contributed by atoms with Crippen LogP contribution in [0.1, 0.15) is 19.3 Å². The molecule has 6 unspecified atom stereocenters. The number of hydrogen-bond donors (Lipinski definition) is 0. The second kappa shape index (κ2) is 2.31. The minimum absolute atomic E-state index is 0.0801. The van der Waals surface area contributed by atoms with Gasteiger partial charge in [0.2, 0.25) is 0 Å². The second-order valence-electron chi connectivity index (χ2n) is 5.72. The van der Waals surface area contributed by atoms with Crippen LogP contribution in [0.3, 0.4) is 0 Å². The fourth-order valence-corrected chi connectivity index (χ4v) is 5.29. The van der Waals surface area contributed by atoms with Crippen molar-refractivity contribution in [1.29, 1.82) is 0 Å². The highest BCUT2D eigenvalue weighted by Gasteiger charge is 2.81. The molecule has 0 N–H and O–H groups in total. The number of carbonyl (C=O) groups is 1. The van der Waals surface area contributed by atoms with Gasteiger partial charge in [-0.3, -0.25) is 4.79 Å². The van der Waals surface area contributed by atoms with Gasteiger partial charge >= 0.3 is 5.97 Å². The van der Waals surface area contributed by atoms with Crippen LogP contribution < -0.4 is 0 Å². The Morgan fingerprint density at radius 3 is 3.00 bits per heavy atom. The molecule has 0 aliphatic heterocycles. The van der Waals surface area contributed by atoms with Crippen LogP contribution in [0.2, 0.25) is 0 Å². The van der Waals surface area contributed by atoms with Crippen molar-refractivity contribution in [3.8, 4) is 0 Å². The predicted molar refractivity (Wildman–Crippen MR) is 54.9 cm³/mol. The summed E-state index contributed by atoms with van der Waals surface area (Å²) in [6, 6.07) is 0. The lowest BCUT2D eigenvalue weighted by Gasteiger charge is -2.30. The fourth-order valence-electron chi connectivity index (χ4n) is 5.29. The van der Waals surface area contributed by atoms with Crippen molar-refractivity contribution in [1.82, 2.24) is 0 Å². The van der Waals surface area contributed by atoms with Gasteiger partial charge < -0.3 is 4.74 Å². The standard InChI is InChI=1S/C13H16O2/c1-15-12(14)13-5-3-2-4-7-9(13)6-8-10(7)11(8)13/h2-3,7-11H,4-6H2,1H3. The number of carbonyl (C=O) groups excluding carboxylic acids is 1. The molecule has 0 spiro atoms. The molecule has 0 aromatic carbocycles. The molecule has 0 radical (unpaired) electrons. The number of ether oxygens (including phenoxy) is 1. The summed E-state index contributed by atoms with van der Waals surface area (Å²) in [7, 11) is 1.55. The highest BCUT2D eigenvalue weighted by atomic mass is 16.5. The maximum Gasteiger partial charge on any atom is 0.312 e. The predicted octanol–water partition coefficient (Wildman–Crippen LogP) is 2.01. The third kappa shape index (κ3) is 0.685. The molecule has 0 aromatic rings. The molecule has 0 heterocycles. The van der Waals surface area contributed by atoms with E-state index in [1.54, 1.807) is 7.11 Å². The van der Waals surface area contributed by atoms with E-state index >= 15 is 0 Å². The zero-order chi connectivity index (χ0) is 10.2. The minimum atomic E-state index is -0.0955. The molecule has 15 heavy (non-hydrogen) atoms. The largest absolute Gasteiger partial charge is 0.469 e. The highest BCUT2D eigenvalue weighted by molar-refractivity contribution is 5.80. The average Bonchev–Trinajstić information content (AvgIpc) is 2.62. The van der Waals surface area contributed by atoms with Crippen LogP contribution in [0, 0.1) is 35.0 Å². The molecule has 0 amide bonds. The van der Waals surface area contributed by atoms with Gasteiger partial charge in [-0.15, -0.1) is 0 Å². The van der Waals surface area contributed by atoms with E-state index < -0.39 is 0 Å². The van der Waals surface area contributed by atoms with Gasteiger partial charge in [0, 0.05) is 0 Å². The van der Waals surface area contributed by atoms with E-state index in [2.05, 4.69) is 12.2 Å². The highest BCUT2D eigenvalue weighted by Crippen LogP contribution is 2.82. The molecular weight excluding hydrogens is 188 g/mol. The lowest BCUT2D eigenvalue weighted by molar-refractivity contribution is -0.155. The number of methoxy groups -OCH3 is 1. The van der Waals surface area contributed by atoms with E-state index in [1.807, 2.05) is 0 Å². The van der Waals surface area contributed by atoms with Gasteiger partial charge in [-0.2, -0.15) is 0 Å². The van der Waals surface area contributed by atoms with Crippen molar-refractivity contribution < 1.29 is 9.53 Å². The third-order valence-corrected chi connectivity index (χ3v) is 5.62. The number of rotatable bonds is 1. The van der Waals surface area contributed by atoms with Crippen molar-refractivity contribution in [2.45, 2.75) is 19.3 Å². The summed E-state index contributed by atoms with van der Waals surface area (Å²) >= 11 is 0. The minimum Gasteiger partial charge on any atom is -0.469 e. The summed E-state index contributed by atoms with van der Waals surface area (Å²) in [5.74, 6) is 3.96. The normalized spacial score (nSPS) is 57.8. The topological polar surface area (TPSA) is 26.3 Å². The van der Waals surface area contributed by atoms with Crippen molar-refractivity contribution >= 4 is 5.97 Å². The number of hydrogen-bond acceptors (Lipinski definition) is 2. The van der Waals surface area contributed by atoms with Crippen LogP contribution in [0.25, 0.3) is 0 Å². The number of esters is 1. The molecule has 4 saturated carbocycles. The Labute approximate surface area is 89.7 Å². The van der Waals surface area contributed by atoms with Gasteiger partial charge in [-0.25, -0.2) is 0 Å². The van der Waals surface area contributed by atoms with Crippen molar-refractivity contribution in [3.63, 3.8) is 0 Å². The Bertz CT molecular complexity index is 373. The maximum atomic E-state index is 12.1. The molecule has 80 valence electrons. The van der Waals surface area contributed by atoms with Gasteiger partial charge in [0.05, 0.1) is 12.5 Å². The van der Waals surface area contributed by atoms with E-state index in [1.165, 1.54) is 12.8 Å². The van der Waals surface area contributed by atoms with Crippen LogP contribution >= 0.6 is 0 Å². The summed E-state index contributed by atoms with van der Waals surface area (Å²) in [4.78, 5) is 12.1.